The van der Waals surface area contributed by atoms with E-state index in [-0.39, 0.29) is 96.2 Å². The van der Waals surface area contributed by atoms with Gasteiger partial charge in [-0.2, -0.15) is 9.97 Å². The number of nitrogen functional groups attached to an aromatic ring is 1. The standard InChI is InChI=1S/C63H93N13O9S3/c1-9-28-76(62(83)54(41(6)11-3)72-59(82)49-15-12-13-29-75(49)8)50(40(4)5)35-51(84-30-10-2)61-71-48(38-86-61)58(81)70-46(34-43-22-24-47(77)25-23-43)33-42(7)57(80)66-27-32-88-87-31-26-65-52(78)16-14-17-53(79)67-36-44-18-20-45(21-19-44)37-85-60-55-56(69-39-68-55)73-63(64)74-60/h18-25,38-42,46,49-51,54,77H,9-17,26-37H2,1-8H3,(H,65,78)(H,66,80)(H,67,79)(H,70,81)(H,72,82)(H3,64,68,69,73,74)/t41-,42-,46+,49+,50+,51+,54-/m0/s1. The van der Waals surface area contributed by atoms with E-state index in [4.69, 9.17) is 20.2 Å². The molecule has 7 atom stereocenters. The SMILES string of the molecule is CCCO[C@H](C[C@H](C(C)C)N(CCC)C(=O)[C@@H](NC(=O)[C@H]1CCCCN1C)[C@@H](C)CC)c1nc(C(=O)N[C@@H](Cc2ccc(O)cc2)C[C@H](C)C(=O)NCCSSCCNC(=O)CCCC(=O)NCc2ccc(COc3nc(N)nc4nc[nH]c34)cc2)cs1. The number of ether oxygens (including phenoxy) is 2. The number of aromatic amines is 1. The number of imidazole rings is 1. The summed E-state index contributed by atoms with van der Waals surface area (Å²) in [5, 5.41) is 27.6. The van der Waals surface area contributed by atoms with Crippen LogP contribution in [0.4, 0.5) is 5.95 Å². The zero-order valence-corrected chi connectivity index (χ0v) is 54.9. The molecule has 0 spiro atoms. The summed E-state index contributed by atoms with van der Waals surface area (Å²) in [4.78, 5) is 106. The Kier molecular flexibility index (Phi) is 29.5. The average molecular weight is 1270 g/mol. The summed E-state index contributed by atoms with van der Waals surface area (Å²) in [6.07, 6.45) is 8.06. The van der Waals surface area contributed by atoms with Crippen molar-refractivity contribution < 1.29 is 43.3 Å². The quantitative estimate of drug-likeness (QED) is 0.0136. The second-order valence-corrected chi connectivity index (χ2v) is 26.7. The summed E-state index contributed by atoms with van der Waals surface area (Å²) in [6.45, 7) is 17.5. The number of hydrogen-bond acceptors (Lipinski definition) is 18. The normalized spacial score (nSPS) is 15.6. The van der Waals surface area contributed by atoms with Crippen LogP contribution in [0, 0.1) is 17.8 Å². The van der Waals surface area contributed by atoms with E-state index in [0.29, 0.717) is 92.0 Å². The van der Waals surface area contributed by atoms with Crippen LogP contribution in [0.15, 0.2) is 60.2 Å². The summed E-state index contributed by atoms with van der Waals surface area (Å²) in [7, 11) is 5.16. The number of rotatable bonds is 38. The summed E-state index contributed by atoms with van der Waals surface area (Å²) in [5.74, 6) is 0.324. The van der Waals surface area contributed by atoms with Crippen LogP contribution in [0.2, 0.25) is 0 Å². The van der Waals surface area contributed by atoms with E-state index in [1.54, 1.807) is 51.2 Å². The minimum absolute atomic E-state index is 0.0347. The van der Waals surface area contributed by atoms with Crippen LogP contribution in [0.25, 0.3) is 11.2 Å². The molecule has 1 saturated heterocycles. The number of phenolic OH excluding ortho intramolecular Hbond substituents is 1. The second kappa shape index (κ2) is 36.8. The largest absolute Gasteiger partial charge is 0.508 e. The van der Waals surface area contributed by atoms with Crippen molar-refractivity contribution in [2.24, 2.45) is 17.8 Å². The molecule has 0 radical (unpaired) electrons. The van der Waals surface area contributed by atoms with Gasteiger partial charge < -0.3 is 56.8 Å². The fourth-order valence-electron chi connectivity index (χ4n) is 10.5. The van der Waals surface area contributed by atoms with E-state index >= 15 is 0 Å². The number of amides is 6. The highest BCUT2D eigenvalue weighted by molar-refractivity contribution is 8.76. The maximum Gasteiger partial charge on any atom is 0.270 e. The van der Waals surface area contributed by atoms with E-state index in [1.807, 2.05) is 63.9 Å². The van der Waals surface area contributed by atoms with Crippen LogP contribution < -0.4 is 37.1 Å². The number of nitrogens with two attached hydrogens (primary N) is 1. The van der Waals surface area contributed by atoms with Crippen LogP contribution in [0.5, 0.6) is 11.6 Å². The lowest BCUT2D eigenvalue weighted by Crippen LogP contribution is -2.58. The Bertz CT molecular complexity index is 2990. The molecule has 1 aliphatic heterocycles. The minimum Gasteiger partial charge on any atom is -0.508 e. The monoisotopic (exact) mass is 1270 g/mol. The molecule has 22 nitrogen and oxygen atoms in total. The van der Waals surface area contributed by atoms with Crippen LogP contribution in [0.1, 0.15) is 157 Å². The van der Waals surface area contributed by atoms with Crippen molar-refractivity contribution in [3.63, 3.8) is 0 Å². The van der Waals surface area contributed by atoms with Crippen molar-refractivity contribution in [2.75, 3.05) is 57.1 Å². The third kappa shape index (κ3) is 22.5. The molecule has 2 aromatic carbocycles. The molecule has 88 heavy (non-hydrogen) atoms. The number of likely N-dealkylation sites (N-methyl/N-ethyl adjacent to an activating group) is 1. The van der Waals surface area contributed by atoms with Gasteiger partial charge in [0.2, 0.25) is 41.4 Å². The van der Waals surface area contributed by atoms with E-state index in [9.17, 15) is 33.9 Å². The third-order valence-corrected chi connectivity index (χ3v) is 19.0. The molecule has 1 aliphatic rings. The molecule has 5 aromatic rings. The Hall–Kier alpha value is -6.54. The Morgan fingerprint density at radius 2 is 1.55 bits per heavy atom. The Labute approximate surface area is 530 Å². The molecule has 1 fully saturated rings. The van der Waals surface area contributed by atoms with Crippen molar-refractivity contribution in [1.82, 2.24) is 61.3 Å². The van der Waals surface area contributed by atoms with Gasteiger partial charge in [0.15, 0.2) is 5.65 Å². The minimum atomic E-state index is -0.682. The van der Waals surface area contributed by atoms with Crippen LogP contribution >= 0.6 is 32.9 Å². The summed E-state index contributed by atoms with van der Waals surface area (Å²) in [5.41, 5.74) is 9.69. The van der Waals surface area contributed by atoms with Gasteiger partial charge in [0.05, 0.1) is 12.4 Å². The summed E-state index contributed by atoms with van der Waals surface area (Å²) < 4.78 is 12.4. The van der Waals surface area contributed by atoms with Crippen molar-refractivity contribution >= 4 is 85.5 Å². The van der Waals surface area contributed by atoms with E-state index < -0.39 is 24.1 Å². The number of nitrogens with one attached hydrogen (secondary N) is 6. The number of hydrogen-bond donors (Lipinski definition) is 8. The highest BCUT2D eigenvalue weighted by Crippen LogP contribution is 2.32. The van der Waals surface area contributed by atoms with Gasteiger partial charge in [-0.25, -0.2) is 9.97 Å². The maximum absolute atomic E-state index is 14.8. The molecule has 4 heterocycles. The van der Waals surface area contributed by atoms with Gasteiger partial charge in [-0.1, -0.05) is 119 Å². The Morgan fingerprint density at radius 1 is 0.852 bits per heavy atom. The molecule has 0 saturated carbocycles. The first kappa shape index (κ1) is 70.5. The van der Waals surface area contributed by atoms with Gasteiger partial charge in [0, 0.05) is 86.9 Å². The number of phenols is 1. The van der Waals surface area contributed by atoms with Crippen LogP contribution in [-0.2, 0) is 48.3 Å². The molecule has 0 unspecified atom stereocenters. The van der Waals surface area contributed by atoms with E-state index in [2.05, 4.69) is 72.2 Å². The van der Waals surface area contributed by atoms with Gasteiger partial charge in [-0.05, 0) is 99.2 Å². The number of piperidine rings is 1. The van der Waals surface area contributed by atoms with Crippen molar-refractivity contribution in [1.29, 1.82) is 0 Å². The van der Waals surface area contributed by atoms with E-state index in [0.717, 1.165) is 61.8 Å². The number of carbonyl (C=O) groups excluding carboxylic acids is 6. The van der Waals surface area contributed by atoms with Gasteiger partial charge in [0.25, 0.3) is 5.91 Å². The number of fused-ring (bicyclic) bond motifs is 1. The predicted molar refractivity (Wildman–Crippen MR) is 348 cm³/mol. The Morgan fingerprint density at radius 3 is 2.23 bits per heavy atom. The average Bonchev–Trinajstić information content (AvgIpc) is 3.62. The third-order valence-electron chi connectivity index (χ3n) is 15.7. The number of anilines is 1. The zero-order chi connectivity index (χ0) is 63.5. The number of thiazole rings is 1. The first-order chi connectivity index (χ1) is 42.4. The number of carbonyl (C=O) groups is 6. The number of nitrogens with zero attached hydrogens (tertiary/aromatic N) is 6. The lowest BCUT2D eigenvalue weighted by atomic mass is 9.92. The Balaban J connectivity index is 0.919. The first-order valence-electron chi connectivity index (χ1n) is 31.1. The summed E-state index contributed by atoms with van der Waals surface area (Å²) in [6, 6.07) is 12.8. The molecule has 482 valence electrons. The summed E-state index contributed by atoms with van der Waals surface area (Å²) >= 11 is 1.34. The smallest absolute Gasteiger partial charge is 0.270 e. The van der Waals surface area contributed by atoms with Crippen molar-refractivity contribution in [3.05, 3.63) is 87.6 Å². The fourth-order valence-corrected chi connectivity index (χ4v) is 13.2. The molecule has 0 aliphatic carbocycles. The van der Waals surface area contributed by atoms with Crippen LogP contribution in [0.3, 0.4) is 0 Å². The van der Waals surface area contributed by atoms with Crippen molar-refractivity contribution in [3.8, 4) is 11.6 Å². The highest BCUT2D eigenvalue weighted by Gasteiger charge is 2.38. The molecule has 6 amide bonds. The van der Waals surface area contributed by atoms with Gasteiger partial charge in [-0.15, -0.1) is 11.3 Å². The topological polar surface area (TPSA) is 301 Å². The number of benzene rings is 2. The lowest BCUT2D eigenvalue weighted by molar-refractivity contribution is -0.143. The molecule has 0 bridgehead atoms. The number of aromatic nitrogens is 5. The van der Waals surface area contributed by atoms with E-state index in [1.165, 1.54) is 17.7 Å². The first-order valence-corrected chi connectivity index (χ1v) is 34.4. The predicted octanol–water partition coefficient (Wildman–Crippen LogP) is 8.28. The molecule has 25 heteroatoms. The fraction of sp³-hybridized carbons (Fsp3) is 0.587. The molecular weight excluding hydrogens is 1180 g/mol. The van der Waals surface area contributed by atoms with Gasteiger partial charge >= 0.3 is 0 Å². The van der Waals surface area contributed by atoms with Gasteiger partial charge in [0.1, 0.15) is 40.7 Å². The van der Waals surface area contributed by atoms with Crippen LogP contribution in [-0.4, -0.2) is 151 Å². The zero-order valence-electron chi connectivity index (χ0n) is 52.4. The molecule has 3 aromatic heterocycles. The molecule has 9 N–H and O–H groups in total. The number of aromatic hydroxyl groups is 1. The molecule has 6 rings (SSSR count). The maximum atomic E-state index is 14.8. The highest BCUT2D eigenvalue weighted by atomic mass is 33.1. The lowest BCUT2D eigenvalue weighted by Gasteiger charge is -2.40. The van der Waals surface area contributed by atoms with Gasteiger partial charge in [-0.3, -0.25) is 33.7 Å². The van der Waals surface area contributed by atoms with Crippen molar-refractivity contribution in [2.45, 2.75) is 169 Å². The number of likely N-dealkylation sites (tertiary alicyclic amines) is 1. The number of H-pyrrole nitrogens is 1. The molecular formula is C63H93N13O9S3. The second-order valence-electron chi connectivity index (χ2n) is 23.1.